The van der Waals surface area contributed by atoms with Crippen molar-refractivity contribution >= 4 is 45.8 Å². The van der Waals surface area contributed by atoms with E-state index in [2.05, 4.69) is 10.3 Å². The van der Waals surface area contributed by atoms with Gasteiger partial charge in [-0.15, -0.1) is 11.3 Å². The van der Waals surface area contributed by atoms with Crippen molar-refractivity contribution in [1.29, 1.82) is 0 Å². The van der Waals surface area contributed by atoms with Crippen LogP contribution in [0.25, 0.3) is 0 Å². The molecular weight excluding hydrogens is 446 g/mol. The van der Waals surface area contributed by atoms with Gasteiger partial charge in [0.15, 0.2) is 0 Å². The van der Waals surface area contributed by atoms with Crippen molar-refractivity contribution in [3.63, 3.8) is 0 Å². The molecule has 3 N–H and O–H groups in total. The van der Waals surface area contributed by atoms with Crippen molar-refractivity contribution in [3.05, 3.63) is 70.9 Å². The van der Waals surface area contributed by atoms with E-state index < -0.39 is 35.4 Å². The third-order valence-corrected chi connectivity index (χ3v) is 5.80. The molecule has 3 aromatic rings. The third kappa shape index (κ3) is 4.16. The highest BCUT2D eigenvalue weighted by atomic mass is 32.1. The Morgan fingerprint density at radius 2 is 1.91 bits per heavy atom. The number of anilines is 3. The molecule has 0 bridgehead atoms. The van der Waals surface area contributed by atoms with E-state index in [9.17, 15) is 22.4 Å². The molecule has 1 unspecified atom stereocenters. The molecule has 32 heavy (non-hydrogen) atoms. The highest BCUT2D eigenvalue weighted by molar-refractivity contribution is 7.14. The fourth-order valence-corrected chi connectivity index (χ4v) is 3.94. The van der Waals surface area contributed by atoms with Crippen LogP contribution >= 0.6 is 11.3 Å². The number of alkyl halides is 3. The van der Waals surface area contributed by atoms with Crippen molar-refractivity contribution in [3.8, 4) is 0 Å². The normalized spacial score (nSPS) is 15.4. The van der Waals surface area contributed by atoms with Crippen LogP contribution in [0.5, 0.6) is 0 Å². The van der Waals surface area contributed by atoms with E-state index in [1.165, 1.54) is 18.4 Å². The quantitative estimate of drug-likeness (QED) is 0.489. The second-order valence-corrected chi connectivity index (χ2v) is 7.87. The lowest BCUT2D eigenvalue weighted by Crippen LogP contribution is -2.35. The fraction of sp³-hybridized carbons (Fsp3) is 0.143. The van der Waals surface area contributed by atoms with E-state index in [1.54, 1.807) is 35.5 Å². The maximum absolute atomic E-state index is 13.9. The van der Waals surface area contributed by atoms with Gasteiger partial charge in [-0.05, 0) is 53.9 Å². The van der Waals surface area contributed by atoms with Crippen LogP contribution in [0.3, 0.4) is 0 Å². The summed E-state index contributed by atoms with van der Waals surface area (Å²) in [5.74, 6) is -0.971. The van der Waals surface area contributed by atoms with Crippen LogP contribution in [0, 0.1) is 5.82 Å². The highest BCUT2D eigenvalue weighted by Crippen LogP contribution is 2.37. The van der Waals surface area contributed by atoms with E-state index in [0.29, 0.717) is 23.9 Å². The maximum atomic E-state index is 13.9. The number of nitrogens with one attached hydrogen (secondary N) is 1. The number of nitrogens with two attached hydrogens (primary N) is 1. The van der Waals surface area contributed by atoms with Crippen LogP contribution in [-0.4, -0.2) is 19.4 Å². The second kappa shape index (κ2) is 8.24. The smallest absolute Gasteiger partial charge is 0.312 e. The number of thiophene rings is 1. The number of halogens is 4. The minimum Gasteiger partial charge on any atom is -0.312 e. The number of benzene rings is 2. The molecule has 2 aromatic carbocycles. The summed E-state index contributed by atoms with van der Waals surface area (Å²) in [4.78, 5) is 19.8. The summed E-state index contributed by atoms with van der Waals surface area (Å²) < 4.78 is 52.6. The van der Waals surface area contributed by atoms with Crippen LogP contribution in [0.2, 0.25) is 0 Å². The summed E-state index contributed by atoms with van der Waals surface area (Å²) in [6.45, 7) is 0. The number of aliphatic imine (C=N–C) groups is 1. The first-order chi connectivity index (χ1) is 15.1. The lowest BCUT2D eigenvalue weighted by atomic mass is 10.1. The lowest BCUT2D eigenvalue weighted by molar-refractivity contribution is -0.137. The number of hydrogen-bond donors (Lipinski definition) is 2. The molecule has 0 radical (unpaired) electrons. The summed E-state index contributed by atoms with van der Waals surface area (Å²) in [7, 11) is 1.42. The van der Waals surface area contributed by atoms with Gasteiger partial charge in [0.2, 0.25) is 0 Å². The predicted molar refractivity (Wildman–Crippen MR) is 117 cm³/mol. The largest absolute Gasteiger partial charge is 0.416 e. The summed E-state index contributed by atoms with van der Waals surface area (Å²) in [5.41, 5.74) is 6.77. The Morgan fingerprint density at radius 3 is 2.59 bits per heavy atom. The average molecular weight is 463 g/mol. The van der Waals surface area contributed by atoms with Crippen molar-refractivity contribution in [2.45, 2.75) is 12.3 Å². The molecule has 2 heterocycles. The minimum absolute atomic E-state index is 0.412. The van der Waals surface area contributed by atoms with Crippen molar-refractivity contribution < 1.29 is 22.4 Å². The van der Waals surface area contributed by atoms with Gasteiger partial charge in [0.1, 0.15) is 17.0 Å². The van der Waals surface area contributed by atoms with Gasteiger partial charge in [0, 0.05) is 24.0 Å². The molecule has 0 aliphatic carbocycles. The molecule has 1 aromatic heterocycles. The van der Waals surface area contributed by atoms with Gasteiger partial charge < -0.3 is 16.0 Å². The van der Waals surface area contributed by atoms with E-state index in [1.807, 2.05) is 11.4 Å². The van der Waals surface area contributed by atoms with E-state index in [4.69, 9.17) is 5.73 Å². The van der Waals surface area contributed by atoms with Crippen LogP contribution in [0.4, 0.5) is 44.4 Å². The van der Waals surface area contributed by atoms with Crippen LogP contribution in [0.15, 0.2) is 58.9 Å². The van der Waals surface area contributed by atoms with Gasteiger partial charge in [0.05, 0.1) is 17.6 Å². The Bertz CT molecular complexity index is 1180. The zero-order valence-electron chi connectivity index (χ0n) is 16.6. The molecule has 4 rings (SSSR count). The van der Waals surface area contributed by atoms with Gasteiger partial charge in [-0.2, -0.15) is 13.2 Å². The van der Waals surface area contributed by atoms with Crippen molar-refractivity contribution in [2.24, 2.45) is 10.7 Å². The van der Waals surface area contributed by atoms with Gasteiger partial charge in [-0.3, -0.25) is 4.90 Å². The summed E-state index contributed by atoms with van der Waals surface area (Å²) in [5, 5.41) is 4.94. The monoisotopic (exact) mass is 463 g/mol. The summed E-state index contributed by atoms with van der Waals surface area (Å²) in [6.07, 6.45) is -3.44. The number of urea groups is 1. The Hall–Kier alpha value is -3.44. The third-order valence-electron chi connectivity index (χ3n) is 4.97. The van der Waals surface area contributed by atoms with Crippen LogP contribution < -0.4 is 20.9 Å². The Kier molecular flexibility index (Phi) is 5.61. The molecule has 11 heteroatoms. The number of carbonyl (C=O) groups excluding carboxylic acids is 1. The van der Waals surface area contributed by atoms with Crippen molar-refractivity contribution in [2.75, 3.05) is 22.2 Å². The van der Waals surface area contributed by atoms with Gasteiger partial charge in [-0.25, -0.2) is 14.2 Å². The summed E-state index contributed by atoms with van der Waals surface area (Å²) in [6, 6.07) is 9.68. The number of carbonyl (C=O) groups is 1. The molecule has 166 valence electrons. The molecule has 0 saturated carbocycles. The van der Waals surface area contributed by atoms with E-state index >= 15 is 0 Å². The van der Waals surface area contributed by atoms with Gasteiger partial charge in [-0.1, -0.05) is 0 Å². The minimum atomic E-state index is -4.66. The Balaban J connectivity index is 1.49. The number of fused-ring (bicyclic) bond motifs is 1. The first kappa shape index (κ1) is 21.8. The van der Waals surface area contributed by atoms with Crippen LogP contribution in [0.1, 0.15) is 17.3 Å². The zero-order chi connectivity index (χ0) is 23.0. The van der Waals surface area contributed by atoms with Gasteiger partial charge in [0.25, 0.3) is 0 Å². The molecule has 0 saturated heterocycles. The maximum Gasteiger partial charge on any atom is 0.416 e. The van der Waals surface area contributed by atoms with Gasteiger partial charge >= 0.3 is 12.2 Å². The molecule has 6 nitrogen and oxygen atoms in total. The topological polar surface area (TPSA) is 74.0 Å². The average Bonchev–Trinajstić information content (AvgIpc) is 3.24. The standard InChI is InChI=1S/C21H17F4N5OS/c1-29(20(31)28-17-10-12(21(23,24)25)2-7-16(17)22)13-3-5-14(6-4-13)30-11-27-19-15(18(30)26)8-9-32-19/h2-11,18H,26H2,1H3,(H,28,31). The van der Waals surface area contributed by atoms with Crippen molar-refractivity contribution in [1.82, 2.24) is 0 Å². The molecule has 1 atom stereocenters. The summed E-state index contributed by atoms with van der Waals surface area (Å²) >= 11 is 1.49. The molecule has 0 fully saturated rings. The first-order valence-corrected chi connectivity index (χ1v) is 10.2. The highest BCUT2D eigenvalue weighted by Gasteiger charge is 2.31. The Labute approximate surface area is 184 Å². The zero-order valence-corrected chi connectivity index (χ0v) is 17.4. The fourth-order valence-electron chi connectivity index (χ4n) is 3.17. The predicted octanol–water partition coefficient (Wildman–Crippen LogP) is 5.71. The first-order valence-electron chi connectivity index (χ1n) is 9.32. The molecule has 1 aliphatic rings. The molecule has 1 aliphatic heterocycles. The van der Waals surface area contributed by atoms with E-state index in [-0.39, 0.29) is 0 Å². The Morgan fingerprint density at radius 1 is 1.19 bits per heavy atom. The number of rotatable bonds is 3. The van der Waals surface area contributed by atoms with E-state index in [0.717, 1.165) is 21.2 Å². The lowest BCUT2D eigenvalue weighted by Gasteiger charge is -2.30. The SMILES string of the molecule is CN(C(=O)Nc1cc(C(F)(F)F)ccc1F)c1ccc(N2C=Nc3sccc3C2N)cc1. The second-order valence-electron chi connectivity index (χ2n) is 6.98. The van der Waals surface area contributed by atoms with Crippen LogP contribution in [-0.2, 0) is 6.18 Å². The molecule has 2 amide bonds. The number of amides is 2. The molecule has 0 spiro atoms. The molecular formula is C21H17F4N5OS. The number of nitrogens with zero attached hydrogens (tertiary/aromatic N) is 3. The number of hydrogen-bond acceptors (Lipinski definition) is 5.